The molecule has 0 saturated carbocycles. The van der Waals surface area contributed by atoms with Gasteiger partial charge in [-0.15, -0.1) is 0 Å². The van der Waals surface area contributed by atoms with Gasteiger partial charge in [-0.05, 0) is 26.3 Å². The van der Waals surface area contributed by atoms with Crippen LogP contribution in [0, 0.1) is 6.92 Å². The molecule has 1 aromatic rings. The highest BCUT2D eigenvalue weighted by Crippen LogP contribution is 1.95. The predicted molar refractivity (Wildman–Crippen MR) is 71.3 cm³/mol. The second kappa shape index (κ2) is 7.11. The molecule has 1 amide bonds. The van der Waals surface area contributed by atoms with E-state index in [1.807, 2.05) is 20.8 Å². The maximum absolute atomic E-state index is 11.8. The fourth-order valence-corrected chi connectivity index (χ4v) is 1.09. The van der Waals surface area contributed by atoms with Crippen molar-refractivity contribution in [2.24, 2.45) is 4.99 Å². The maximum atomic E-state index is 11.8. The monoisotopic (exact) mass is 244 g/mol. The van der Waals surface area contributed by atoms with Gasteiger partial charge in [0.25, 0.3) is 5.91 Å². The van der Waals surface area contributed by atoms with E-state index >= 15 is 0 Å². The highest BCUT2D eigenvalue weighted by atomic mass is 16.2. The van der Waals surface area contributed by atoms with Crippen LogP contribution in [0.3, 0.4) is 0 Å². The molecule has 0 bridgehead atoms. The minimum Gasteiger partial charge on any atom is -0.318 e. The molecule has 0 aliphatic rings. The van der Waals surface area contributed by atoms with Crippen molar-refractivity contribution in [2.45, 2.75) is 20.8 Å². The molecule has 0 atom stereocenters. The van der Waals surface area contributed by atoms with E-state index in [9.17, 15) is 4.79 Å². The quantitative estimate of drug-likeness (QED) is 0.824. The fourth-order valence-electron chi connectivity index (χ4n) is 1.09. The minimum absolute atomic E-state index is 0.138. The zero-order valence-electron chi connectivity index (χ0n) is 10.7. The van der Waals surface area contributed by atoms with Gasteiger partial charge in [0.1, 0.15) is 0 Å². The highest BCUT2D eigenvalue weighted by molar-refractivity contribution is 5.96. The second-order valence-corrected chi connectivity index (χ2v) is 3.54. The summed E-state index contributed by atoms with van der Waals surface area (Å²) < 4.78 is 0. The molecule has 0 fully saturated rings. The Balaban J connectivity index is 2.71. The van der Waals surface area contributed by atoms with E-state index in [0.29, 0.717) is 5.70 Å². The second-order valence-electron chi connectivity index (χ2n) is 3.54. The molecule has 5 nitrogen and oxygen atoms in total. The molecule has 94 valence electrons. The van der Waals surface area contributed by atoms with E-state index in [-0.39, 0.29) is 11.7 Å². The van der Waals surface area contributed by atoms with Crippen molar-refractivity contribution < 1.29 is 4.79 Å². The Morgan fingerprint density at radius 3 is 2.56 bits per heavy atom. The summed E-state index contributed by atoms with van der Waals surface area (Å²) in [5, 5.41) is 2.68. The topological polar surface area (TPSA) is 67.2 Å². The van der Waals surface area contributed by atoms with Gasteiger partial charge in [-0.1, -0.05) is 12.2 Å². The average Bonchev–Trinajstić information content (AvgIpc) is 2.38. The summed E-state index contributed by atoms with van der Waals surface area (Å²) in [6, 6.07) is 0. The summed E-state index contributed by atoms with van der Waals surface area (Å²) in [6.07, 6.45) is 9.95. The first-order valence-electron chi connectivity index (χ1n) is 5.58. The number of aliphatic imine (C=N–C) groups is 1. The van der Waals surface area contributed by atoms with Crippen LogP contribution in [0.1, 0.15) is 30.0 Å². The van der Waals surface area contributed by atoms with E-state index in [2.05, 4.69) is 20.3 Å². The van der Waals surface area contributed by atoms with Crippen LogP contribution >= 0.6 is 0 Å². The third-order valence-corrected chi connectivity index (χ3v) is 2.00. The molecule has 1 heterocycles. The largest absolute Gasteiger partial charge is 0.318 e. The first kappa shape index (κ1) is 13.8. The SMILES string of the molecule is C\C=C/N=C\C(=C/C)NC(=O)c1ncc(C)cn1. The van der Waals surface area contributed by atoms with Crippen LogP contribution in [-0.4, -0.2) is 22.1 Å². The summed E-state index contributed by atoms with van der Waals surface area (Å²) >= 11 is 0. The molecule has 1 N–H and O–H groups in total. The van der Waals surface area contributed by atoms with Crippen molar-refractivity contribution in [3.05, 3.63) is 47.8 Å². The van der Waals surface area contributed by atoms with Crippen LogP contribution in [-0.2, 0) is 0 Å². The van der Waals surface area contributed by atoms with Gasteiger partial charge in [-0.25, -0.2) is 9.97 Å². The van der Waals surface area contributed by atoms with Crippen molar-refractivity contribution >= 4 is 12.1 Å². The van der Waals surface area contributed by atoms with Crippen molar-refractivity contribution in [2.75, 3.05) is 0 Å². The first-order valence-corrected chi connectivity index (χ1v) is 5.58. The number of rotatable bonds is 4. The van der Waals surface area contributed by atoms with Gasteiger partial charge in [0, 0.05) is 18.6 Å². The number of amides is 1. The number of allylic oxidation sites excluding steroid dienone is 3. The minimum atomic E-state index is -0.352. The molecule has 0 saturated heterocycles. The lowest BCUT2D eigenvalue weighted by Gasteiger charge is -2.03. The molecule has 0 radical (unpaired) electrons. The lowest BCUT2D eigenvalue weighted by molar-refractivity contribution is 0.0957. The first-order chi connectivity index (χ1) is 8.67. The third-order valence-electron chi connectivity index (χ3n) is 2.00. The Labute approximate surface area is 106 Å². The van der Waals surface area contributed by atoms with E-state index in [0.717, 1.165) is 5.56 Å². The van der Waals surface area contributed by atoms with Crippen molar-refractivity contribution in [3.8, 4) is 0 Å². The third kappa shape index (κ3) is 4.29. The Morgan fingerprint density at radius 1 is 1.33 bits per heavy atom. The lowest BCUT2D eigenvalue weighted by atomic mass is 10.3. The fraction of sp³-hybridized carbons (Fsp3) is 0.231. The van der Waals surface area contributed by atoms with Gasteiger partial charge >= 0.3 is 0 Å². The normalized spacial score (nSPS) is 12.3. The van der Waals surface area contributed by atoms with Crippen LogP contribution in [0.5, 0.6) is 0 Å². The summed E-state index contributed by atoms with van der Waals surface area (Å²) in [4.78, 5) is 23.7. The summed E-state index contributed by atoms with van der Waals surface area (Å²) in [5.41, 5.74) is 1.51. The number of carbonyl (C=O) groups is 1. The number of aryl methyl sites for hydroxylation is 1. The zero-order valence-corrected chi connectivity index (χ0v) is 10.7. The molecule has 0 unspecified atom stereocenters. The van der Waals surface area contributed by atoms with Gasteiger partial charge < -0.3 is 5.32 Å². The molecule has 0 spiro atoms. The van der Waals surface area contributed by atoms with Crippen LogP contribution in [0.15, 0.2) is 41.4 Å². The number of hydrogen-bond acceptors (Lipinski definition) is 4. The highest BCUT2D eigenvalue weighted by Gasteiger charge is 2.08. The van der Waals surface area contributed by atoms with Gasteiger partial charge in [-0.3, -0.25) is 9.79 Å². The Morgan fingerprint density at radius 2 is 2.00 bits per heavy atom. The molecular weight excluding hydrogens is 228 g/mol. The van der Waals surface area contributed by atoms with Crippen molar-refractivity contribution in [3.63, 3.8) is 0 Å². The van der Waals surface area contributed by atoms with E-state index in [1.54, 1.807) is 37.0 Å². The lowest BCUT2D eigenvalue weighted by Crippen LogP contribution is -2.25. The molecule has 1 rings (SSSR count). The van der Waals surface area contributed by atoms with Crippen molar-refractivity contribution in [1.29, 1.82) is 0 Å². The Hall–Kier alpha value is -2.30. The summed E-state index contributed by atoms with van der Waals surface area (Å²) in [7, 11) is 0. The van der Waals surface area contributed by atoms with E-state index < -0.39 is 0 Å². The molecule has 0 aromatic carbocycles. The van der Waals surface area contributed by atoms with Gasteiger partial charge in [0.2, 0.25) is 5.82 Å². The van der Waals surface area contributed by atoms with Crippen LogP contribution in [0.4, 0.5) is 0 Å². The molecule has 0 aliphatic carbocycles. The maximum Gasteiger partial charge on any atom is 0.293 e. The average molecular weight is 244 g/mol. The van der Waals surface area contributed by atoms with E-state index in [1.165, 1.54) is 0 Å². The van der Waals surface area contributed by atoms with Gasteiger partial charge in [0.15, 0.2) is 0 Å². The predicted octanol–water partition coefficient (Wildman–Crippen LogP) is 2.02. The number of nitrogens with one attached hydrogen (secondary N) is 1. The van der Waals surface area contributed by atoms with E-state index in [4.69, 9.17) is 0 Å². The van der Waals surface area contributed by atoms with Crippen molar-refractivity contribution in [1.82, 2.24) is 15.3 Å². The number of aromatic nitrogens is 2. The molecule has 5 heteroatoms. The van der Waals surface area contributed by atoms with Gasteiger partial charge in [0.05, 0.1) is 11.9 Å². The van der Waals surface area contributed by atoms with Gasteiger partial charge in [-0.2, -0.15) is 0 Å². The number of carbonyl (C=O) groups excluding carboxylic acids is 1. The Bertz CT molecular complexity index is 486. The summed E-state index contributed by atoms with van der Waals surface area (Å²) in [5.74, 6) is -0.214. The van der Waals surface area contributed by atoms with Crippen LogP contribution in [0.25, 0.3) is 0 Å². The molecule has 0 aliphatic heterocycles. The molecule has 18 heavy (non-hydrogen) atoms. The standard InChI is InChI=1S/C13H16N4O/c1-4-6-14-9-11(5-2)17-13(18)12-15-7-10(3)8-16-12/h4-9H,1-3H3,(H,17,18)/b6-4-,11-5+,14-9-. The number of hydrogen-bond donors (Lipinski definition) is 1. The molecule has 1 aromatic heterocycles. The van der Waals surface area contributed by atoms with Crippen LogP contribution in [0.2, 0.25) is 0 Å². The molecular formula is C13H16N4O. The van der Waals surface area contributed by atoms with Crippen LogP contribution < -0.4 is 5.32 Å². The Kier molecular flexibility index (Phi) is 5.44. The zero-order chi connectivity index (χ0) is 13.4. The smallest absolute Gasteiger partial charge is 0.293 e. The summed E-state index contributed by atoms with van der Waals surface area (Å²) in [6.45, 7) is 5.54. The number of nitrogens with zero attached hydrogens (tertiary/aromatic N) is 3.